The average molecular weight is 324 g/mol. The molecule has 1 heterocycles. The average Bonchev–Trinajstić information content (AvgIpc) is 3.31. The predicted molar refractivity (Wildman–Crippen MR) is 91.4 cm³/mol. The number of nitrogens with one attached hydrogen (secondary N) is 1. The van der Waals surface area contributed by atoms with Crippen LogP contribution in [0.15, 0.2) is 36.7 Å². The first kappa shape index (κ1) is 15.4. The van der Waals surface area contributed by atoms with Crippen molar-refractivity contribution < 1.29 is 4.79 Å². The lowest BCUT2D eigenvalue weighted by Gasteiger charge is -2.40. The van der Waals surface area contributed by atoms with Gasteiger partial charge in [0.25, 0.3) is 0 Å². The molecule has 1 aromatic heterocycles. The van der Waals surface area contributed by atoms with Gasteiger partial charge in [0.2, 0.25) is 5.91 Å². The molecular formula is C19H24N4O. The van der Waals surface area contributed by atoms with Crippen LogP contribution in [0.3, 0.4) is 0 Å². The molecule has 1 N–H and O–H groups in total. The Bertz CT molecular complexity index is 701. The molecule has 0 spiro atoms. The fourth-order valence-electron chi connectivity index (χ4n) is 3.65. The summed E-state index contributed by atoms with van der Waals surface area (Å²) in [7, 11) is 0. The Labute approximate surface area is 142 Å². The second-order valence-electron chi connectivity index (χ2n) is 7.19. The van der Waals surface area contributed by atoms with Crippen LogP contribution in [0.1, 0.15) is 49.5 Å². The molecule has 0 atom stereocenters. The smallest absolute Gasteiger partial charge is 0.226 e. The van der Waals surface area contributed by atoms with Crippen LogP contribution in [0.4, 0.5) is 0 Å². The SMILES string of the molecule is O=C(NCCc1nncn1C1CC1)C1(Cc2ccccc2)CCC1. The Kier molecular flexibility index (Phi) is 4.08. The van der Waals surface area contributed by atoms with Crippen molar-refractivity contribution in [1.29, 1.82) is 0 Å². The summed E-state index contributed by atoms with van der Waals surface area (Å²) in [6.45, 7) is 0.640. The second-order valence-corrected chi connectivity index (χ2v) is 7.19. The standard InChI is InChI=1S/C19H24N4O/c24-18(19(10-4-11-19)13-15-5-2-1-3-6-15)20-12-9-17-22-21-14-23(17)16-7-8-16/h1-3,5-6,14,16H,4,7-13H2,(H,20,24). The van der Waals surface area contributed by atoms with Gasteiger partial charge in [-0.2, -0.15) is 0 Å². The summed E-state index contributed by atoms with van der Waals surface area (Å²) in [5, 5.41) is 11.4. The van der Waals surface area contributed by atoms with E-state index in [0.717, 1.165) is 37.9 Å². The van der Waals surface area contributed by atoms with E-state index in [4.69, 9.17) is 0 Å². The summed E-state index contributed by atoms with van der Waals surface area (Å²) in [6.07, 6.45) is 8.99. The van der Waals surface area contributed by atoms with Crippen LogP contribution in [0.25, 0.3) is 0 Å². The van der Waals surface area contributed by atoms with Gasteiger partial charge in [-0.3, -0.25) is 4.79 Å². The minimum absolute atomic E-state index is 0.203. The largest absolute Gasteiger partial charge is 0.355 e. The molecule has 5 nitrogen and oxygen atoms in total. The molecule has 5 heteroatoms. The Morgan fingerprint density at radius 3 is 2.71 bits per heavy atom. The van der Waals surface area contributed by atoms with Crippen molar-refractivity contribution in [2.24, 2.45) is 5.41 Å². The van der Waals surface area contributed by atoms with Crippen molar-refractivity contribution in [2.45, 2.75) is 51.0 Å². The van der Waals surface area contributed by atoms with E-state index in [0.29, 0.717) is 12.6 Å². The first-order chi connectivity index (χ1) is 11.8. The summed E-state index contributed by atoms with van der Waals surface area (Å²) in [5.74, 6) is 1.19. The zero-order valence-electron chi connectivity index (χ0n) is 13.9. The summed E-state index contributed by atoms with van der Waals surface area (Å²) in [6, 6.07) is 10.9. The monoisotopic (exact) mass is 324 g/mol. The zero-order valence-corrected chi connectivity index (χ0v) is 13.9. The highest BCUT2D eigenvalue weighted by Gasteiger charge is 2.43. The lowest BCUT2D eigenvalue weighted by Crippen LogP contribution is -2.47. The van der Waals surface area contributed by atoms with Gasteiger partial charge in [-0.25, -0.2) is 0 Å². The molecule has 24 heavy (non-hydrogen) atoms. The number of nitrogens with zero attached hydrogens (tertiary/aromatic N) is 3. The highest BCUT2D eigenvalue weighted by atomic mass is 16.2. The molecule has 4 rings (SSSR count). The van der Waals surface area contributed by atoms with Crippen LogP contribution >= 0.6 is 0 Å². The number of carbonyl (C=O) groups is 1. The number of hydrogen-bond donors (Lipinski definition) is 1. The van der Waals surface area contributed by atoms with Crippen molar-refractivity contribution >= 4 is 5.91 Å². The van der Waals surface area contributed by atoms with Crippen LogP contribution in [-0.2, 0) is 17.6 Å². The van der Waals surface area contributed by atoms with E-state index in [2.05, 4.69) is 32.2 Å². The van der Waals surface area contributed by atoms with Gasteiger partial charge < -0.3 is 9.88 Å². The van der Waals surface area contributed by atoms with E-state index in [1.165, 1.54) is 18.4 Å². The summed E-state index contributed by atoms with van der Waals surface area (Å²) in [4.78, 5) is 12.8. The van der Waals surface area contributed by atoms with E-state index >= 15 is 0 Å². The van der Waals surface area contributed by atoms with Gasteiger partial charge in [0.05, 0.1) is 5.41 Å². The number of amides is 1. The quantitative estimate of drug-likeness (QED) is 0.852. The Morgan fingerprint density at radius 2 is 2.04 bits per heavy atom. The molecule has 0 unspecified atom stereocenters. The summed E-state index contributed by atoms with van der Waals surface area (Å²) < 4.78 is 2.16. The van der Waals surface area contributed by atoms with Crippen LogP contribution in [0.5, 0.6) is 0 Å². The fourth-order valence-corrected chi connectivity index (χ4v) is 3.65. The van der Waals surface area contributed by atoms with Gasteiger partial charge in [0.1, 0.15) is 12.2 Å². The molecule has 2 fully saturated rings. The number of benzene rings is 1. The Morgan fingerprint density at radius 1 is 1.25 bits per heavy atom. The molecule has 1 amide bonds. The summed E-state index contributed by atoms with van der Waals surface area (Å²) in [5.41, 5.74) is 1.05. The lowest BCUT2D eigenvalue weighted by atomic mass is 9.64. The number of rotatable bonds is 7. The maximum atomic E-state index is 12.8. The molecule has 126 valence electrons. The van der Waals surface area contributed by atoms with Crippen LogP contribution < -0.4 is 5.32 Å². The van der Waals surface area contributed by atoms with Gasteiger partial charge in [-0.1, -0.05) is 36.8 Å². The predicted octanol–water partition coefficient (Wildman–Crippen LogP) is 2.68. The first-order valence-corrected chi connectivity index (χ1v) is 8.97. The molecule has 0 saturated heterocycles. The van der Waals surface area contributed by atoms with Gasteiger partial charge in [0, 0.05) is 19.0 Å². The van der Waals surface area contributed by atoms with E-state index in [1.807, 2.05) is 24.5 Å². The maximum absolute atomic E-state index is 12.8. The van der Waals surface area contributed by atoms with E-state index < -0.39 is 0 Å². The molecule has 2 saturated carbocycles. The molecule has 0 radical (unpaired) electrons. The van der Waals surface area contributed by atoms with Crippen molar-refractivity contribution in [1.82, 2.24) is 20.1 Å². The third kappa shape index (κ3) is 3.07. The minimum atomic E-state index is -0.203. The van der Waals surface area contributed by atoms with Gasteiger partial charge in [-0.05, 0) is 37.7 Å². The number of hydrogen-bond acceptors (Lipinski definition) is 3. The van der Waals surface area contributed by atoms with E-state index in [-0.39, 0.29) is 11.3 Å². The molecule has 0 aliphatic heterocycles. The first-order valence-electron chi connectivity index (χ1n) is 8.97. The van der Waals surface area contributed by atoms with Crippen molar-refractivity contribution in [2.75, 3.05) is 6.54 Å². The van der Waals surface area contributed by atoms with Crippen molar-refractivity contribution in [3.05, 3.63) is 48.0 Å². The van der Waals surface area contributed by atoms with Crippen molar-refractivity contribution in [3.63, 3.8) is 0 Å². The van der Waals surface area contributed by atoms with Crippen LogP contribution in [0.2, 0.25) is 0 Å². The highest BCUT2D eigenvalue weighted by Crippen LogP contribution is 2.44. The Balaban J connectivity index is 1.33. The van der Waals surface area contributed by atoms with E-state index in [9.17, 15) is 4.79 Å². The van der Waals surface area contributed by atoms with Gasteiger partial charge >= 0.3 is 0 Å². The molecule has 2 aliphatic carbocycles. The maximum Gasteiger partial charge on any atom is 0.226 e. The van der Waals surface area contributed by atoms with E-state index in [1.54, 1.807) is 0 Å². The summed E-state index contributed by atoms with van der Waals surface area (Å²) >= 11 is 0. The number of carbonyl (C=O) groups excluding carboxylic acids is 1. The fraction of sp³-hybridized carbons (Fsp3) is 0.526. The minimum Gasteiger partial charge on any atom is -0.355 e. The molecule has 2 aromatic rings. The third-order valence-electron chi connectivity index (χ3n) is 5.40. The molecular weight excluding hydrogens is 300 g/mol. The highest BCUT2D eigenvalue weighted by molar-refractivity contribution is 5.83. The lowest BCUT2D eigenvalue weighted by molar-refractivity contribution is -0.135. The van der Waals surface area contributed by atoms with Gasteiger partial charge in [0.15, 0.2) is 0 Å². The topological polar surface area (TPSA) is 59.8 Å². The Hall–Kier alpha value is -2.17. The molecule has 0 bridgehead atoms. The van der Waals surface area contributed by atoms with Gasteiger partial charge in [-0.15, -0.1) is 10.2 Å². The third-order valence-corrected chi connectivity index (χ3v) is 5.40. The van der Waals surface area contributed by atoms with Crippen LogP contribution in [0, 0.1) is 5.41 Å². The molecule has 1 aromatic carbocycles. The zero-order chi connectivity index (χ0) is 16.4. The molecule has 2 aliphatic rings. The number of aromatic nitrogens is 3. The normalized spacial score (nSPS) is 18.8. The van der Waals surface area contributed by atoms with Crippen LogP contribution in [-0.4, -0.2) is 27.2 Å². The van der Waals surface area contributed by atoms with Crippen molar-refractivity contribution in [3.8, 4) is 0 Å². The second kappa shape index (κ2) is 6.38.